The van der Waals surface area contributed by atoms with Crippen molar-refractivity contribution in [2.24, 2.45) is 0 Å². The Balaban J connectivity index is 1.14. The van der Waals surface area contributed by atoms with Crippen LogP contribution in [0, 0.1) is 11.3 Å². The highest BCUT2D eigenvalue weighted by Gasteiger charge is 2.21. The van der Waals surface area contributed by atoms with E-state index in [1.165, 1.54) is 21.8 Å². The molecule has 0 radical (unpaired) electrons. The molecule has 0 aliphatic heterocycles. The van der Waals surface area contributed by atoms with Gasteiger partial charge in [0, 0.05) is 43.8 Å². The fourth-order valence-corrected chi connectivity index (χ4v) is 8.56. The number of hydrogen-bond acceptors (Lipinski definition) is 3. The van der Waals surface area contributed by atoms with E-state index >= 15 is 0 Å². The maximum atomic E-state index is 10.2. The lowest BCUT2D eigenvalue weighted by Gasteiger charge is -2.16. The van der Waals surface area contributed by atoms with Gasteiger partial charge in [-0.05, 0) is 66.2 Å². The molecule has 0 aliphatic carbocycles. The van der Waals surface area contributed by atoms with Crippen molar-refractivity contribution >= 4 is 43.6 Å². The highest BCUT2D eigenvalue weighted by Crippen LogP contribution is 2.41. The molecule has 0 fully saturated rings. The lowest BCUT2D eigenvalue weighted by molar-refractivity contribution is 1.14. The number of hydrogen-bond donors (Lipinski definition) is 0. The second-order valence-corrected chi connectivity index (χ2v) is 14.5. The molecule has 3 heterocycles. The molecular formula is C53H33N5. The van der Waals surface area contributed by atoms with E-state index in [0.29, 0.717) is 11.4 Å². The molecular weight excluding hydrogens is 707 g/mol. The van der Waals surface area contributed by atoms with Crippen LogP contribution < -0.4 is 0 Å². The molecule has 0 spiro atoms. The van der Waals surface area contributed by atoms with Crippen molar-refractivity contribution in [2.75, 3.05) is 0 Å². The molecule has 0 saturated heterocycles. The van der Waals surface area contributed by atoms with Crippen molar-refractivity contribution in [2.45, 2.75) is 0 Å². The highest BCUT2D eigenvalue weighted by atomic mass is 15.0. The molecule has 3 aromatic heterocycles. The van der Waals surface area contributed by atoms with Gasteiger partial charge in [0.2, 0.25) is 0 Å². The first-order chi connectivity index (χ1) is 28.7. The number of rotatable bonds is 6. The van der Waals surface area contributed by atoms with Gasteiger partial charge in [-0.15, -0.1) is 0 Å². The second-order valence-electron chi connectivity index (χ2n) is 14.5. The summed E-state index contributed by atoms with van der Waals surface area (Å²) in [6, 6.07) is 71.9. The van der Waals surface area contributed by atoms with Crippen LogP contribution >= 0.6 is 0 Å². The van der Waals surface area contributed by atoms with Crippen molar-refractivity contribution in [3.05, 3.63) is 206 Å². The van der Waals surface area contributed by atoms with Crippen LogP contribution in [0.5, 0.6) is 0 Å². The topological polar surface area (TPSA) is 59.4 Å². The van der Waals surface area contributed by atoms with Gasteiger partial charge in [-0.25, -0.2) is 9.97 Å². The van der Waals surface area contributed by atoms with Gasteiger partial charge in [0.05, 0.1) is 56.5 Å². The van der Waals surface area contributed by atoms with Crippen molar-refractivity contribution in [3.63, 3.8) is 0 Å². The second kappa shape index (κ2) is 13.6. The maximum absolute atomic E-state index is 10.2. The summed E-state index contributed by atoms with van der Waals surface area (Å²) in [5, 5.41) is 14.9. The Kier molecular flexibility index (Phi) is 7.80. The number of nitrogens with zero attached hydrogens (tertiary/aromatic N) is 5. The van der Waals surface area contributed by atoms with Gasteiger partial charge < -0.3 is 9.13 Å². The fraction of sp³-hybridized carbons (Fsp3) is 0. The predicted octanol–water partition coefficient (Wildman–Crippen LogP) is 13.2. The van der Waals surface area contributed by atoms with Crippen molar-refractivity contribution < 1.29 is 0 Å². The Hall–Kier alpha value is -8.07. The van der Waals surface area contributed by atoms with Crippen LogP contribution in [0.1, 0.15) is 5.56 Å². The maximum Gasteiger partial charge on any atom is 0.162 e. The van der Waals surface area contributed by atoms with Crippen LogP contribution in [0.3, 0.4) is 0 Å². The SMILES string of the molecule is N#Cc1ccc(-n2c3ccccc3c3cc(-c4ccccc4-n4c5ccccc5c5ccccc54)ccc32)c(-c2nc(-c3ccccc3)cc(-c3ccccc3)n2)c1. The van der Waals surface area contributed by atoms with E-state index in [1.54, 1.807) is 0 Å². The summed E-state index contributed by atoms with van der Waals surface area (Å²) in [5.41, 5.74) is 13.7. The summed E-state index contributed by atoms with van der Waals surface area (Å²) in [6.45, 7) is 0. The first kappa shape index (κ1) is 33.3. The Morgan fingerprint density at radius 2 is 0.845 bits per heavy atom. The number of para-hydroxylation sites is 4. The number of fused-ring (bicyclic) bond motifs is 6. The zero-order valence-corrected chi connectivity index (χ0v) is 31.3. The van der Waals surface area contributed by atoms with Crippen molar-refractivity contribution in [3.8, 4) is 62.5 Å². The van der Waals surface area contributed by atoms with E-state index in [1.807, 2.05) is 60.7 Å². The third kappa shape index (κ3) is 5.39. The minimum absolute atomic E-state index is 0.540. The Labute approximate surface area is 335 Å². The van der Waals surface area contributed by atoms with Gasteiger partial charge in [-0.3, -0.25) is 0 Å². The molecule has 0 N–H and O–H groups in total. The molecule has 58 heavy (non-hydrogen) atoms. The van der Waals surface area contributed by atoms with Crippen LogP contribution in [-0.4, -0.2) is 19.1 Å². The molecule has 11 rings (SSSR count). The first-order valence-electron chi connectivity index (χ1n) is 19.4. The van der Waals surface area contributed by atoms with Gasteiger partial charge in [0.25, 0.3) is 0 Å². The largest absolute Gasteiger partial charge is 0.309 e. The van der Waals surface area contributed by atoms with Gasteiger partial charge in [0.1, 0.15) is 0 Å². The molecule has 0 atom stereocenters. The van der Waals surface area contributed by atoms with Crippen molar-refractivity contribution in [1.29, 1.82) is 5.26 Å². The minimum Gasteiger partial charge on any atom is -0.309 e. The van der Waals surface area contributed by atoms with E-state index in [0.717, 1.165) is 72.4 Å². The summed E-state index contributed by atoms with van der Waals surface area (Å²) in [7, 11) is 0. The molecule has 11 aromatic rings. The predicted molar refractivity (Wildman–Crippen MR) is 237 cm³/mol. The Bertz CT molecular complexity index is 3290. The van der Waals surface area contributed by atoms with Crippen LogP contribution in [0.2, 0.25) is 0 Å². The molecule has 0 bridgehead atoms. The van der Waals surface area contributed by atoms with Crippen LogP contribution in [0.25, 0.3) is 100 Å². The van der Waals surface area contributed by atoms with E-state index in [4.69, 9.17) is 9.97 Å². The molecule has 0 unspecified atom stereocenters. The summed E-state index contributed by atoms with van der Waals surface area (Å²) in [5.74, 6) is 0.551. The van der Waals surface area contributed by atoms with Gasteiger partial charge in [0.15, 0.2) is 5.82 Å². The average Bonchev–Trinajstić information content (AvgIpc) is 3.82. The third-order valence-electron chi connectivity index (χ3n) is 11.2. The molecule has 0 saturated carbocycles. The fourth-order valence-electron chi connectivity index (χ4n) is 8.56. The summed E-state index contributed by atoms with van der Waals surface area (Å²) in [6.07, 6.45) is 0. The number of aromatic nitrogens is 4. The minimum atomic E-state index is 0.540. The van der Waals surface area contributed by atoms with E-state index < -0.39 is 0 Å². The normalized spacial score (nSPS) is 11.4. The Morgan fingerprint density at radius 3 is 1.43 bits per heavy atom. The molecule has 0 aliphatic rings. The standard InChI is InChI=1S/C53H33N5/c54-34-35-27-29-52(44(31-35)53-55-45(36-15-3-1-4-16-36)33-46(56-53)37-17-5-2-6-18-37)58-50-26-14-10-22-42(50)43-32-38(28-30-51(43)58)39-19-7-11-23-47(39)57-48-24-12-8-20-40(48)41-21-9-13-25-49(41)57/h1-33H. The number of benzene rings is 8. The van der Waals surface area contributed by atoms with Gasteiger partial charge in [-0.1, -0.05) is 140 Å². The average molecular weight is 740 g/mol. The van der Waals surface area contributed by atoms with Crippen molar-refractivity contribution in [1.82, 2.24) is 19.1 Å². The highest BCUT2D eigenvalue weighted by molar-refractivity contribution is 6.12. The van der Waals surface area contributed by atoms with Gasteiger partial charge in [-0.2, -0.15) is 5.26 Å². The molecule has 8 aromatic carbocycles. The van der Waals surface area contributed by atoms with E-state index in [9.17, 15) is 5.26 Å². The summed E-state index contributed by atoms with van der Waals surface area (Å²) < 4.78 is 4.69. The van der Waals surface area contributed by atoms with Crippen LogP contribution in [0.15, 0.2) is 200 Å². The molecule has 0 amide bonds. The molecule has 5 nitrogen and oxygen atoms in total. The molecule has 5 heteroatoms. The lowest BCUT2D eigenvalue weighted by Crippen LogP contribution is -2.02. The number of nitriles is 1. The monoisotopic (exact) mass is 739 g/mol. The molecule has 270 valence electrons. The third-order valence-corrected chi connectivity index (χ3v) is 11.2. The van der Waals surface area contributed by atoms with E-state index in [2.05, 4.69) is 155 Å². The smallest absolute Gasteiger partial charge is 0.162 e. The summed E-state index contributed by atoms with van der Waals surface area (Å²) >= 11 is 0. The summed E-state index contributed by atoms with van der Waals surface area (Å²) in [4.78, 5) is 10.4. The lowest BCUT2D eigenvalue weighted by atomic mass is 10.0. The Morgan fingerprint density at radius 1 is 0.362 bits per heavy atom. The van der Waals surface area contributed by atoms with Crippen LogP contribution in [-0.2, 0) is 0 Å². The zero-order chi connectivity index (χ0) is 38.6. The quantitative estimate of drug-likeness (QED) is 0.171. The van der Waals surface area contributed by atoms with Crippen LogP contribution in [0.4, 0.5) is 0 Å². The first-order valence-corrected chi connectivity index (χ1v) is 19.4. The zero-order valence-electron chi connectivity index (χ0n) is 31.3. The van der Waals surface area contributed by atoms with Gasteiger partial charge >= 0.3 is 0 Å². The van der Waals surface area contributed by atoms with E-state index in [-0.39, 0.29) is 0 Å².